The van der Waals surface area contributed by atoms with Crippen LogP contribution in [0.15, 0.2) is 70.4 Å². The molecule has 0 bridgehead atoms. The molecule has 0 aliphatic carbocycles. The number of ether oxygens (including phenoxy) is 3. The Labute approximate surface area is 241 Å². The number of hydrogen-bond acceptors (Lipinski definition) is 9. The molecule has 0 radical (unpaired) electrons. The molecule has 42 heavy (non-hydrogen) atoms. The molecule has 226 valence electrons. The first kappa shape index (κ1) is 31.3. The van der Waals surface area contributed by atoms with Gasteiger partial charge in [0.1, 0.15) is 30.8 Å². The second kappa shape index (κ2) is 14.0. The third-order valence-electron chi connectivity index (χ3n) is 6.14. The van der Waals surface area contributed by atoms with Gasteiger partial charge in [-0.3, -0.25) is 23.7 Å². The fraction of sp³-hybridized carbons (Fsp3) is 0.393. The predicted molar refractivity (Wildman–Crippen MR) is 149 cm³/mol. The molecule has 0 amide bonds. The Bertz CT molecular complexity index is 1510. The lowest BCUT2D eigenvalue weighted by molar-refractivity contribution is -0.147. The van der Waals surface area contributed by atoms with E-state index in [1.54, 1.807) is 19.1 Å². The summed E-state index contributed by atoms with van der Waals surface area (Å²) in [6.07, 6.45) is -0.371. The zero-order chi connectivity index (χ0) is 30.3. The summed E-state index contributed by atoms with van der Waals surface area (Å²) in [5.41, 5.74) is -0.121. The number of rotatable bonds is 13. The van der Waals surface area contributed by atoms with Gasteiger partial charge in [0.2, 0.25) is 0 Å². The number of benzene rings is 2. The van der Waals surface area contributed by atoms with E-state index in [1.165, 1.54) is 22.9 Å². The standard InChI is InChI=1S/C28H33FN3O9P/c1-18(2)13-23(27(34)38-15-20-7-5-4-6-8-20)31-42(36,41-22-11-9-21(29)10-12-22)39-17-25-37-16-24(40-25)32-14-19(3)26(33)30-28(32)35/h4-12,14,18,23-25H,13,15-17H2,1-3H3,(H,31,36)(H,30,33,35)/t23?,24-,25-,42?/m1/s1. The van der Waals surface area contributed by atoms with Crippen LogP contribution in [0.3, 0.4) is 0 Å². The first-order valence-corrected chi connectivity index (χ1v) is 14.8. The molecule has 1 fully saturated rings. The fourth-order valence-electron chi connectivity index (χ4n) is 4.05. The Morgan fingerprint density at radius 1 is 1.17 bits per heavy atom. The highest BCUT2D eigenvalue weighted by Crippen LogP contribution is 2.46. The van der Waals surface area contributed by atoms with Crippen molar-refractivity contribution in [3.8, 4) is 5.75 Å². The van der Waals surface area contributed by atoms with Crippen molar-refractivity contribution in [2.24, 2.45) is 5.92 Å². The maximum absolute atomic E-state index is 14.0. The number of hydrogen-bond donors (Lipinski definition) is 2. The van der Waals surface area contributed by atoms with Crippen molar-refractivity contribution in [2.75, 3.05) is 13.2 Å². The number of nitrogens with one attached hydrogen (secondary N) is 2. The molecular formula is C28H33FN3O9P. The molecule has 12 nitrogen and oxygen atoms in total. The van der Waals surface area contributed by atoms with E-state index in [4.69, 9.17) is 23.3 Å². The van der Waals surface area contributed by atoms with Crippen molar-refractivity contribution < 1.29 is 37.0 Å². The number of carbonyl (C=O) groups is 1. The SMILES string of the molecule is Cc1cn([C@H]2CO[C@@H](COP(=O)(NC(CC(C)C)C(=O)OCc3ccccc3)Oc3ccc(F)cc3)O2)c(=O)[nH]c1=O. The molecule has 1 aromatic heterocycles. The van der Waals surface area contributed by atoms with Crippen molar-refractivity contribution in [3.63, 3.8) is 0 Å². The molecular weight excluding hydrogens is 572 g/mol. The van der Waals surface area contributed by atoms with E-state index in [1.807, 2.05) is 32.0 Å². The van der Waals surface area contributed by atoms with Crippen LogP contribution in [-0.2, 0) is 34.7 Å². The van der Waals surface area contributed by atoms with Crippen LogP contribution >= 0.6 is 7.75 Å². The quantitative estimate of drug-likeness (QED) is 0.218. The number of aryl methyl sites for hydroxylation is 1. The second-order valence-corrected chi connectivity index (χ2v) is 11.8. The van der Waals surface area contributed by atoms with E-state index >= 15 is 0 Å². The summed E-state index contributed by atoms with van der Waals surface area (Å²) in [7, 11) is -4.34. The number of aromatic amines is 1. The zero-order valence-electron chi connectivity index (χ0n) is 23.4. The number of aromatic nitrogens is 2. The molecule has 2 unspecified atom stereocenters. The molecule has 1 aliphatic heterocycles. The largest absolute Gasteiger partial charge is 0.460 e. The lowest BCUT2D eigenvalue weighted by Gasteiger charge is -2.26. The summed E-state index contributed by atoms with van der Waals surface area (Å²) < 4.78 is 56.8. The van der Waals surface area contributed by atoms with E-state index < -0.39 is 55.9 Å². The number of nitrogens with zero attached hydrogens (tertiary/aromatic N) is 1. The minimum absolute atomic E-state index is 0.00705. The van der Waals surface area contributed by atoms with Crippen LogP contribution in [-0.4, -0.2) is 41.1 Å². The Balaban J connectivity index is 1.48. The first-order valence-electron chi connectivity index (χ1n) is 13.3. The van der Waals surface area contributed by atoms with Crippen LogP contribution in [0.4, 0.5) is 4.39 Å². The lowest BCUT2D eigenvalue weighted by atomic mass is 10.1. The molecule has 2 N–H and O–H groups in total. The van der Waals surface area contributed by atoms with E-state index in [-0.39, 0.29) is 31.3 Å². The van der Waals surface area contributed by atoms with Gasteiger partial charge >= 0.3 is 19.4 Å². The van der Waals surface area contributed by atoms with Crippen molar-refractivity contribution in [1.82, 2.24) is 14.6 Å². The molecule has 3 aromatic rings. The van der Waals surface area contributed by atoms with Gasteiger partial charge in [0, 0.05) is 11.8 Å². The van der Waals surface area contributed by atoms with Crippen LogP contribution in [0.25, 0.3) is 0 Å². The van der Waals surface area contributed by atoms with Gasteiger partial charge in [-0.15, -0.1) is 0 Å². The maximum atomic E-state index is 14.0. The van der Waals surface area contributed by atoms with Crippen molar-refractivity contribution in [2.45, 2.75) is 52.4 Å². The Kier molecular flexibility index (Phi) is 10.5. The number of carbonyl (C=O) groups excluding carboxylic acids is 1. The Morgan fingerprint density at radius 2 is 1.88 bits per heavy atom. The molecule has 4 atom stereocenters. The minimum atomic E-state index is -4.34. The highest BCUT2D eigenvalue weighted by Gasteiger charge is 2.37. The Morgan fingerprint density at radius 3 is 2.57 bits per heavy atom. The number of H-pyrrole nitrogens is 1. The average Bonchev–Trinajstić information content (AvgIpc) is 3.43. The third kappa shape index (κ3) is 8.70. The average molecular weight is 606 g/mol. The summed E-state index contributed by atoms with van der Waals surface area (Å²) in [4.78, 5) is 39.2. The number of esters is 1. The molecule has 2 aromatic carbocycles. The predicted octanol–water partition coefficient (Wildman–Crippen LogP) is 3.81. The van der Waals surface area contributed by atoms with Gasteiger partial charge < -0.3 is 18.7 Å². The van der Waals surface area contributed by atoms with Crippen LogP contribution in [0.5, 0.6) is 5.75 Å². The van der Waals surface area contributed by atoms with E-state index in [2.05, 4.69) is 10.1 Å². The molecule has 2 heterocycles. The molecule has 1 aliphatic rings. The first-order chi connectivity index (χ1) is 20.0. The van der Waals surface area contributed by atoms with Crippen LogP contribution < -0.4 is 20.9 Å². The summed E-state index contributed by atoms with van der Waals surface area (Å²) in [5, 5.41) is 2.69. The van der Waals surface area contributed by atoms with Gasteiger partial charge in [0.15, 0.2) is 12.5 Å². The fourth-order valence-corrected chi connectivity index (χ4v) is 5.54. The van der Waals surface area contributed by atoms with E-state index in [9.17, 15) is 23.3 Å². The van der Waals surface area contributed by atoms with Crippen LogP contribution in [0.2, 0.25) is 0 Å². The Hall–Kier alpha value is -3.61. The molecule has 1 saturated heterocycles. The van der Waals surface area contributed by atoms with Crippen molar-refractivity contribution in [1.29, 1.82) is 0 Å². The van der Waals surface area contributed by atoms with E-state index in [0.29, 0.717) is 5.56 Å². The summed E-state index contributed by atoms with van der Waals surface area (Å²) in [5.74, 6) is -1.18. The van der Waals surface area contributed by atoms with Crippen molar-refractivity contribution >= 4 is 13.7 Å². The smallest absolute Gasteiger partial charge is 0.459 e. The van der Waals surface area contributed by atoms with Gasteiger partial charge in [-0.1, -0.05) is 44.2 Å². The van der Waals surface area contributed by atoms with Crippen molar-refractivity contribution in [3.05, 3.63) is 98.6 Å². The monoisotopic (exact) mass is 605 g/mol. The second-order valence-electron chi connectivity index (χ2n) is 10.1. The van der Waals surface area contributed by atoms with Gasteiger partial charge in [-0.25, -0.2) is 13.8 Å². The topological polar surface area (TPSA) is 147 Å². The lowest BCUT2D eigenvalue weighted by Crippen LogP contribution is -2.39. The molecule has 0 spiro atoms. The van der Waals surface area contributed by atoms with Crippen LogP contribution in [0.1, 0.15) is 37.6 Å². The van der Waals surface area contributed by atoms with Gasteiger partial charge in [-0.05, 0) is 49.1 Å². The molecule has 0 saturated carbocycles. The summed E-state index contributed by atoms with van der Waals surface area (Å²) >= 11 is 0. The van der Waals surface area contributed by atoms with Crippen LogP contribution in [0, 0.1) is 18.7 Å². The minimum Gasteiger partial charge on any atom is -0.460 e. The highest BCUT2D eigenvalue weighted by molar-refractivity contribution is 7.52. The number of halogens is 1. The highest BCUT2D eigenvalue weighted by atomic mass is 31.2. The third-order valence-corrected chi connectivity index (χ3v) is 7.71. The van der Waals surface area contributed by atoms with E-state index in [0.717, 1.165) is 17.7 Å². The molecule has 4 rings (SSSR count). The van der Waals surface area contributed by atoms with Gasteiger partial charge in [0.25, 0.3) is 5.56 Å². The zero-order valence-corrected chi connectivity index (χ0v) is 24.3. The van der Waals surface area contributed by atoms with Gasteiger partial charge in [-0.2, -0.15) is 5.09 Å². The summed E-state index contributed by atoms with van der Waals surface area (Å²) in [6.45, 7) is 4.83. The van der Waals surface area contributed by atoms with Gasteiger partial charge in [0.05, 0.1) is 6.61 Å². The maximum Gasteiger partial charge on any atom is 0.459 e. The normalized spacial score (nSPS) is 18.9. The molecule has 14 heteroatoms. The summed E-state index contributed by atoms with van der Waals surface area (Å²) in [6, 6.07) is 12.8.